The first-order valence-electron chi connectivity index (χ1n) is 14.4. The van der Waals surface area contributed by atoms with E-state index in [-0.39, 0.29) is 36.6 Å². The predicted octanol–water partition coefficient (Wildman–Crippen LogP) is 4.65. The third kappa shape index (κ3) is 12.2. The molecule has 2 amide bonds. The van der Waals surface area contributed by atoms with E-state index in [4.69, 9.17) is 19.9 Å². The van der Waals surface area contributed by atoms with Crippen molar-refractivity contribution in [2.75, 3.05) is 34.0 Å². The highest BCUT2D eigenvalue weighted by Crippen LogP contribution is 2.32. The number of nitrogens with one attached hydrogen (secondary N) is 1. The lowest BCUT2D eigenvalue weighted by molar-refractivity contribution is -0.130. The Bertz CT molecular complexity index is 1010. The number of aliphatic hydroxyl groups excluding tert-OH is 1. The van der Waals surface area contributed by atoms with Gasteiger partial charge in [0.2, 0.25) is 11.8 Å². The van der Waals surface area contributed by atoms with Gasteiger partial charge < -0.3 is 30.4 Å². The molecule has 11 heteroatoms. The van der Waals surface area contributed by atoms with Gasteiger partial charge in [0.1, 0.15) is 0 Å². The van der Waals surface area contributed by atoms with Crippen LogP contribution in [0.25, 0.3) is 10.4 Å². The van der Waals surface area contributed by atoms with Crippen LogP contribution < -0.4 is 20.5 Å². The van der Waals surface area contributed by atoms with Gasteiger partial charge in [-0.1, -0.05) is 38.9 Å². The summed E-state index contributed by atoms with van der Waals surface area (Å²) in [6.45, 7) is 12.5. The minimum Gasteiger partial charge on any atom is -0.493 e. The van der Waals surface area contributed by atoms with Crippen LogP contribution in [0.2, 0.25) is 0 Å². The van der Waals surface area contributed by atoms with Gasteiger partial charge >= 0.3 is 0 Å². The van der Waals surface area contributed by atoms with Crippen molar-refractivity contribution in [2.24, 2.45) is 39.9 Å². The molecule has 232 valence electrons. The molecule has 0 saturated carbocycles. The molecule has 41 heavy (non-hydrogen) atoms. The zero-order valence-corrected chi connectivity index (χ0v) is 26.1. The largest absolute Gasteiger partial charge is 0.493 e. The predicted molar refractivity (Wildman–Crippen MR) is 160 cm³/mol. The Morgan fingerprint density at radius 1 is 1.10 bits per heavy atom. The summed E-state index contributed by atoms with van der Waals surface area (Å²) in [6, 6.07) is 5.12. The molecule has 1 aromatic rings. The lowest BCUT2D eigenvalue weighted by Crippen LogP contribution is -2.45. The van der Waals surface area contributed by atoms with Crippen molar-refractivity contribution in [3.8, 4) is 11.5 Å². The Morgan fingerprint density at radius 2 is 1.78 bits per heavy atom. The molecule has 1 aromatic carbocycles. The highest BCUT2D eigenvalue weighted by atomic mass is 16.5. The third-order valence-corrected chi connectivity index (χ3v) is 7.62. The average molecular weight is 578 g/mol. The highest BCUT2D eigenvalue weighted by Gasteiger charge is 2.33. The van der Waals surface area contributed by atoms with Crippen molar-refractivity contribution in [3.05, 3.63) is 34.2 Å². The zero-order valence-electron chi connectivity index (χ0n) is 26.1. The van der Waals surface area contributed by atoms with Crippen molar-refractivity contribution < 1.29 is 28.9 Å². The molecule has 4 N–H and O–H groups in total. The van der Waals surface area contributed by atoms with Crippen molar-refractivity contribution in [2.45, 2.75) is 79.4 Å². The topological polar surface area (TPSA) is 169 Å². The maximum Gasteiger partial charge on any atom is 0.224 e. The molecule has 0 bridgehead atoms. The Morgan fingerprint density at radius 3 is 2.32 bits per heavy atom. The number of nitrogens with two attached hydrogens (primary N) is 1. The fourth-order valence-corrected chi connectivity index (χ4v) is 4.52. The second kappa shape index (κ2) is 17.7. The van der Waals surface area contributed by atoms with Gasteiger partial charge in [-0.15, -0.1) is 0 Å². The molecular weight excluding hydrogens is 526 g/mol. The fraction of sp³-hybridized carbons (Fsp3) is 0.733. The lowest BCUT2D eigenvalue weighted by Gasteiger charge is -2.30. The van der Waals surface area contributed by atoms with Crippen LogP contribution in [-0.4, -0.2) is 63.0 Å². The minimum absolute atomic E-state index is 0.0811. The second-order valence-electron chi connectivity index (χ2n) is 12.0. The number of ether oxygens (including phenoxy) is 3. The Hall–Kier alpha value is -3.01. The Kier molecular flexibility index (Phi) is 15.6. The van der Waals surface area contributed by atoms with E-state index in [0.717, 1.165) is 12.0 Å². The maximum atomic E-state index is 13.0. The molecular formula is C30H51N5O6. The van der Waals surface area contributed by atoms with Crippen LogP contribution in [0.5, 0.6) is 11.5 Å². The first kappa shape index (κ1) is 36.0. The summed E-state index contributed by atoms with van der Waals surface area (Å²) >= 11 is 0. The first-order valence-corrected chi connectivity index (χ1v) is 14.4. The van der Waals surface area contributed by atoms with Crippen molar-refractivity contribution in [1.82, 2.24) is 5.32 Å². The molecule has 0 spiro atoms. The summed E-state index contributed by atoms with van der Waals surface area (Å²) in [6.07, 6.45) is 0.973. The van der Waals surface area contributed by atoms with Gasteiger partial charge in [-0.05, 0) is 74.1 Å². The molecule has 4 atom stereocenters. The van der Waals surface area contributed by atoms with Crippen LogP contribution in [0, 0.1) is 29.1 Å². The molecule has 1 rings (SSSR count). The summed E-state index contributed by atoms with van der Waals surface area (Å²) in [5, 5.41) is 18.0. The molecule has 0 fully saturated rings. The molecule has 0 aromatic heterocycles. The SMILES string of the molecule is COCCCOc1cc(CC(CC(N=[N+]=[N-])C(O)CC(C(=O)NCC(C)(C)C(N)=O)C(C)C)C(C)C)ccc1OC. The monoisotopic (exact) mass is 577 g/mol. The molecule has 0 heterocycles. The van der Waals surface area contributed by atoms with Gasteiger partial charge in [0.25, 0.3) is 0 Å². The minimum atomic E-state index is -1.02. The maximum absolute atomic E-state index is 13.0. The van der Waals surface area contributed by atoms with Gasteiger partial charge in [0, 0.05) is 37.5 Å². The number of carbonyl (C=O) groups excluding carboxylic acids is 2. The van der Waals surface area contributed by atoms with Crippen LogP contribution in [-0.2, 0) is 20.7 Å². The van der Waals surface area contributed by atoms with Crippen molar-refractivity contribution in [1.29, 1.82) is 0 Å². The molecule has 0 saturated heterocycles. The van der Waals surface area contributed by atoms with Crippen LogP contribution >= 0.6 is 0 Å². The first-order chi connectivity index (χ1) is 19.3. The molecule has 4 unspecified atom stereocenters. The summed E-state index contributed by atoms with van der Waals surface area (Å²) < 4.78 is 16.5. The molecule has 0 aliphatic heterocycles. The van der Waals surface area contributed by atoms with Crippen LogP contribution in [0.4, 0.5) is 0 Å². The van der Waals surface area contributed by atoms with Crippen LogP contribution in [0.1, 0.15) is 66.4 Å². The number of rotatable bonds is 20. The molecule has 0 aliphatic carbocycles. The van der Waals surface area contributed by atoms with Gasteiger partial charge in [-0.3, -0.25) is 9.59 Å². The van der Waals surface area contributed by atoms with Crippen LogP contribution in [0.3, 0.4) is 0 Å². The van der Waals surface area contributed by atoms with E-state index in [1.807, 2.05) is 32.0 Å². The normalized spacial score (nSPS) is 14.6. The van der Waals surface area contributed by atoms with Gasteiger partial charge in [-0.25, -0.2) is 0 Å². The smallest absolute Gasteiger partial charge is 0.224 e. The lowest BCUT2D eigenvalue weighted by atomic mass is 9.80. The average Bonchev–Trinajstić information content (AvgIpc) is 2.91. The summed E-state index contributed by atoms with van der Waals surface area (Å²) in [5.74, 6) is 0.197. The highest BCUT2D eigenvalue weighted by molar-refractivity contribution is 5.83. The number of benzene rings is 1. The number of hydrogen-bond acceptors (Lipinski definition) is 7. The number of aliphatic hydroxyl groups is 1. The van der Waals surface area contributed by atoms with E-state index in [2.05, 4.69) is 29.2 Å². The van der Waals surface area contributed by atoms with E-state index in [0.29, 0.717) is 37.6 Å². The van der Waals surface area contributed by atoms with E-state index < -0.39 is 29.4 Å². The summed E-state index contributed by atoms with van der Waals surface area (Å²) in [5.41, 5.74) is 14.9. The Labute approximate surface area is 245 Å². The number of hydrogen-bond donors (Lipinski definition) is 3. The number of azide groups is 1. The number of carbonyl (C=O) groups is 2. The fourth-order valence-electron chi connectivity index (χ4n) is 4.52. The number of methoxy groups -OCH3 is 2. The van der Waals surface area contributed by atoms with Crippen molar-refractivity contribution >= 4 is 11.8 Å². The molecule has 0 aliphatic rings. The quantitative estimate of drug-likeness (QED) is 0.0882. The number of nitrogens with zero attached hydrogens (tertiary/aromatic N) is 3. The van der Waals surface area contributed by atoms with E-state index in [9.17, 15) is 20.2 Å². The summed E-state index contributed by atoms with van der Waals surface area (Å²) in [7, 11) is 3.25. The molecule has 11 nitrogen and oxygen atoms in total. The number of amides is 2. The van der Waals surface area contributed by atoms with Gasteiger partial charge in [-0.2, -0.15) is 0 Å². The Balaban J connectivity index is 3.04. The van der Waals surface area contributed by atoms with Crippen molar-refractivity contribution in [3.63, 3.8) is 0 Å². The summed E-state index contributed by atoms with van der Waals surface area (Å²) in [4.78, 5) is 27.7. The van der Waals surface area contributed by atoms with E-state index in [1.54, 1.807) is 28.1 Å². The van der Waals surface area contributed by atoms with Gasteiger partial charge in [0.05, 0.1) is 31.3 Å². The standard InChI is InChI=1S/C30H51N5O6/c1-19(2)22(14-21-10-11-26(40-8)27(15-21)41-13-9-12-39-7)16-24(34-35-32)25(36)17-23(20(3)4)28(37)33-18-30(5,6)29(31)38/h10-11,15,19-20,22-25,36H,9,12-14,16-18H2,1-8H3,(H2,31,38)(H,33,37). The van der Waals surface area contributed by atoms with Crippen LogP contribution in [0.15, 0.2) is 23.3 Å². The number of primary amides is 1. The molecule has 0 radical (unpaired) electrons. The van der Waals surface area contributed by atoms with E-state index in [1.165, 1.54) is 0 Å². The van der Waals surface area contributed by atoms with E-state index >= 15 is 0 Å². The third-order valence-electron chi connectivity index (χ3n) is 7.62. The van der Waals surface area contributed by atoms with Gasteiger partial charge in [0.15, 0.2) is 11.5 Å². The zero-order chi connectivity index (χ0) is 31.2. The second-order valence-corrected chi connectivity index (χ2v) is 12.0.